The number of phenols is 2. The number of hydrogen-bond donors (Lipinski definition) is 4. The number of aliphatic hydroxyl groups excluding tert-OH is 1. The van der Waals surface area contributed by atoms with E-state index in [4.69, 9.17) is 5.11 Å². The number of piperazine rings is 1. The van der Waals surface area contributed by atoms with Gasteiger partial charge in [0.25, 0.3) is 5.92 Å². The molecule has 1 aromatic carbocycles. The van der Waals surface area contributed by atoms with Crippen LogP contribution in [0.1, 0.15) is 11.6 Å². The summed E-state index contributed by atoms with van der Waals surface area (Å²) in [6.07, 6.45) is 0. The first-order chi connectivity index (χ1) is 9.45. The third-order valence-corrected chi connectivity index (χ3v) is 3.44. The number of hydrogen-bond acceptors (Lipinski definition) is 5. The van der Waals surface area contributed by atoms with E-state index in [0.717, 1.165) is 6.07 Å². The van der Waals surface area contributed by atoms with Crippen molar-refractivity contribution in [1.29, 1.82) is 0 Å². The van der Waals surface area contributed by atoms with Gasteiger partial charge in [-0.15, -0.1) is 12.4 Å². The fraction of sp³-hybridized carbons (Fsp3) is 0.538. The van der Waals surface area contributed by atoms with Crippen LogP contribution in [0.5, 0.6) is 11.5 Å². The fourth-order valence-corrected chi connectivity index (χ4v) is 2.48. The Morgan fingerprint density at radius 1 is 1.24 bits per heavy atom. The molecule has 120 valence electrons. The van der Waals surface area contributed by atoms with Crippen molar-refractivity contribution in [2.24, 2.45) is 0 Å². The van der Waals surface area contributed by atoms with Crippen molar-refractivity contribution in [3.63, 3.8) is 0 Å². The van der Waals surface area contributed by atoms with E-state index in [9.17, 15) is 19.0 Å². The van der Waals surface area contributed by atoms with Gasteiger partial charge in [-0.2, -0.15) is 0 Å². The molecule has 1 saturated heterocycles. The highest BCUT2D eigenvalue weighted by atomic mass is 35.5. The summed E-state index contributed by atoms with van der Waals surface area (Å²) < 4.78 is 28.2. The minimum Gasteiger partial charge on any atom is -0.508 e. The molecule has 0 aliphatic carbocycles. The average Bonchev–Trinajstić information content (AvgIpc) is 2.43. The lowest BCUT2D eigenvalue weighted by Crippen LogP contribution is -2.51. The van der Waals surface area contributed by atoms with Crippen molar-refractivity contribution in [1.82, 2.24) is 10.2 Å². The van der Waals surface area contributed by atoms with Gasteiger partial charge in [-0.25, -0.2) is 8.78 Å². The lowest BCUT2D eigenvalue weighted by atomic mass is 9.97. The fourth-order valence-electron chi connectivity index (χ4n) is 2.48. The van der Waals surface area contributed by atoms with Crippen LogP contribution >= 0.6 is 12.4 Å². The Bertz CT molecular complexity index is 471. The summed E-state index contributed by atoms with van der Waals surface area (Å²) in [7, 11) is 0. The molecule has 1 atom stereocenters. The van der Waals surface area contributed by atoms with Crippen molar-refractivity contribution < 1.29 is 24.1 Å². The summed E-state index contributed by atoms with van der Waals surface area (Å²) in [5, 5.41) is 31.1. The zero-order valence-electron chi connectivity index (χ0n) is 11.3. The summed E-state index contributed by atoms with van der Waals surface area (Å²) >= 11 is 0. The molecular weight excluding hydrogens is 306 g/mol. The normalized spacial score (nSPS) is 18.0. The molecule has 21 heavy (non-hydrogen) atoms. The molecule has 0 saturated carbocycles. The maximum absolute atomic E-state index is 14.1. The second kappa shape index (κ2) is 7.22. The molecule has 5 nitrogen and oxygen atoms in total. The third-order valence-electron chi connectivity index (χ3n) is 3.44. The molecule has 0 amide bonds. The Morgan fingerprint density at radius 2 is 1.86 bits per heavy atom. The molecule has 0 radical (unpaired) electrons. The van der Waals surface area contributed by atoms with E-state index in [2.05, 4.69) is 5.32 Å². The summed E-state index contributed by atoms with van der Waals surface area (Å²) in [6.45, 7) is 0.608. The molecule has 2 rings (SSSR count). The molecule has 1 aliphatic heterocycles. The maximum atomic E-state index is 14.1. The van der Waals surface area contributed by atoms with Crippen molar-refractivity contribution in [3.05, 3.63) is 23.8 Å². The standard InChI is InChI=1S/C13H18F2N2O3.ClH/c14-13(15,8-18)12(17-5-3-16-4-6-17)10-2-1-9(19)7-11(10)20;/h1-2,7,12,16,18-20H,3-6,8H2;1H/t12-;/m0./s1. The number of benzene rings is 1. The van der Waals surface area contributed by atoms with E-state index in [1.165, 1.54) is 17.0 Å². The highest BCUT2D eigenvalue weighted by Crippen LogP contribution is 2.41. The molecule has 1 aliphatic rings. The molecule has 0 aromatic heterocycles. The molecule has 4 N–H and O–H groups in total. The Labute approximate surface area is 127 Å². The Balaban J connectivity index is 0.00000220. The predicted octanol–water partition coefficient (Wildman–Crippen LogP) is 1.09. The summed E-state index contributed by atoms with van der Waals surface area (Å²) in [5.74, 6) is -3.98. The first-order valence-corrected chi connectivity index (χ1v) is 6.41. The van der Waals surface area contributed by atoms with Crippen LogP contribution in [0.15, 0.2) is 18.2 Å². The first-order valence-electron chi connectivity index (χ1n) is 6.41. The number of nitrogens with one attached hydrogen (secondary N) is 1. The van der Waals surface area contributed by atoms with E-state index < -0.39 is 24.3 Å². The van der Waals surface area contributed by atoms with Crippen LogP contribution in [0.2, 0.25) is 0 Å². The van der Waals surface area contributed by atoms with E-state index in [-0.39, 0.29) is 23.7 Å². The number of phenolic OH excluding ortho intramolecular Hbond substituents is 2. The zero-order valence-corrected chi connectivity index (χ0v) is 12.1. The van der Waals surface area contributed by atoms with Gasteiger partial charge in [0.2, 0.25) is 0 Å². The molecule has 1 heterocycles. The van der Waals surface area contributed by atoms with Crippen molar-refractivity contribution >= 4 is 12.4 Å². The quantitative estimate of drug-likeness (QED) is 0.667. The topological polar surface area (TPSA) is 76.0 Å². The number of rotatable bonds is 4. The number of aliphatic hydroxyl groups is 1. The van der Waals surface area contributed by atoms with Crippen LogP contribution in [0.25, 0.3) is 0 Å². The van der Waals surface area contributed by atoms with Crippen LogP contribution in [0.3, 0.4) is 0 Å². The van der Waals surface area contributed by atoms with Crippen LogP contribution in [-0.2, 0) is 0 Å². The van der Waals surface area contributed by atoms with Crippen LogP contribution in [-0.4, -0.2) is 58.9 Å². The van der Waals surface area contributed by atoms with Gasteiger partial charge >= 0.3 is 0 Å². The number of alkyl halides is 2. The second-order valence-electron chi connectivity index (χ2n) is 4.85. The van der Waals surface area contributed by atoms with Gasteiger partial charge in [-0.05, 0) is 12.1 Å². The highest BCUT2D eigenvalue weighted by molar-refractivity contribution is 5.85. The number of nitrogens with zero attached hydrogens (tertiary/aromatic N) is 1. The summed E-state index contributed by atoms with van der Waals surface area (Å²) in [4.78, 5) is 1.53. The molecular formula is C13H19ClF2N2O3. The second-order valence-corrected chi connectivity index (χ2v) is 4.85. The lowest BCUT2D eigenvalue weighted by molar-refractivity contribution is -0.119. The lowest BCUT2D eigenvalue weighted by Gasteiger charge is -2.38. The Kier molecular flexibility index (Phi) is 6.15. The van der Waals surface area contributed by atoms with Crippen molar-refractivity contribution in [2.75, 3.05) is 32.8 Å². The minimum absolute atomic E-state index is 0. The number of aromatic hydroxyl groups is 2. The SMILES string of the molecule is Cl.OCC(F)(F)[C@H](c1ccc(O)cc1O)N1CCNCC1. The molecule has 0 spiro atoms. The van der Waals surface area contributed by atoms with E-state index in [0.29, 0.717) is 26.2 Å². The van der Waals surface area contributed by atoms with Gasteiger partial charge in [-0.3, -0.25) is 4.90 Å². The largest absolute Gasteiger partial charge is 0.508 e. The van der Waals surface area contributed by atoms with Gasteiger partial charge in [0.1, 0.15) is 24.1 Å². The Morgan fingerprint density at radius 3 is 2.38 bits per heavy atom. The highest BCUT2D eigenvalue weighted by Gasteiger charge is 2.45. The predicted molar refractivity (Wildman–Crippen MR) is 76.2 cm³/mol. The summed E-state index contributed by atoms with van der Waals surface area (Å²) in [5.41, 5.74) is 0.00347. The van der Waals surface area contributed by atoms with Gasteiger partial charge in [-0.1, -0.05) is 0 Å². The van der Waals surface area contributed by atoms with E-state index in [1.807, 2.05) is 0 Å². The molecule has 1 fully saturated rings. The van der Waals surface area contributed by atoms with Crippen LogP contribution < -0.4 is 5.32 Å². The van der Waals surface area contributed by atoms with Crippen LogP contribution in [0.4, 0.5) is 8.78 Å². The first kappa shape index (κ1) is 17.9. The average molecular weight is 325 g/mol. The molecule has 0 bridgehead atoms. The van der Waals surface area contributed by atoms with E-state index in [1.54, 1.807) is 0 Å². The van der Waals surface area contributed by atoms with Gasteiger partial charge < -0.3 is 20.6 Å². The van der Waals surface area contributed by atoms with Crippen LogP contribution in [0, 0.1) is 0 Å². The number of halogens is 3. The molecule has 8 heteroatoms. The smallest absolute Gasteiger partial charge is 0.290 e. The van der Waals surface area contributed by atoms with Gasteiger partial charge in [0, 0.05) is 37.8 Å². The molecule has 1 aromatic rings. The van der Waals surface area contributed by atoms with Crippen molar-refractivity contribution in [2.45, 2.75) is 12.0 Å². The third kappa shape index (κ3) is 3.94. The van der Waals surface area contributed by atoms with Crippen molar-refractivity contribution in [3.8, 4) is 11.5 Å². The minimum atomic E-state index is -3.38. The molecule has 0 unspecified atom stereocenters. The van der Waals surface area contributed by atoms with Gasteiger partial charge in [0.05, 0.1) is 0 Å². The Hall–Kier alpha value is -1.15. The maximum Gasteiger partial charge on any atom is 0.290 e. The summed E-state index contributed by atoms with van der Waals surface area (Å²) in [6, 6.07) is 2.12. The van der Waals surface area contributed by atoms with Gasteiger partial charge in [0.15, 0.2) is 0 Å². The van der Waals surface area contributed by atoms with E-state index >= 15 is 0 Å². The zero-order chi connectivity index (χ0) is 14.8. The monoisotopic (exact) mass is 324 g/mol.